The van der Waals surface area contributed by atoms with Crippen LogP contribution in [0.1, 0.15) is 64.5 Å². The van der Waals surface area contributed by atoms with E-state index >= 15 is 0 Å². The van der Waals surface area contributed by atoms with Crippen molar-refractivity contribution < 1.29 is 37.4 Å². The number of hydrogen-bond acceptors (Lipinski definition) is 8. The summed E-state index contributed by atoms with van der Waals surface area (Å²) in [6, 6.07) is 15.4. The first kappa shape index (κ1) is 40.9. The van der Waals surface area contributed by atoms with Crippen LogP contribution in [0.4, 0.5) is 0 Å². The van der Waals surface area contributed by atoms with E-state index in [0.29, 0.717) is 0 Å². The molecule has 1 aliphatic carbocycles. The summed E-state index contributed by atoms with van der Waals surface area (Å²) in [5.41, 5.74) is 1.63. The fourth-order valence-electron chi connectivity index (χ4n) is 5.43. The van der Waals surface area contributed by atoms with Crippen LogP contribution in [0.25, 0.3) is 0 Å². The van der Waals surface area contributed by atoms with Gasteiger partial charge in [0, 0.05) is 11.8 Å². The molecule has 0 unspecified atom stereocenters. The Morgan fingerprint density at radius 3 is 1.20 bits per heavy atom. The van der Waals surface area contributed by atoms with Gasteiger partial charge in [-0.15, -0.1) is 12.8 Å². The average Bonchev–Trinajstić information content (AvgIpc) is 3.00. The number of esters is 2. The molecule has 1 aliphatic rings. The molecule has 0 N–H and O–H groups in total. The lowest BCUT2D eigenvalue weighted by atomic mass is 9.52. The van der Waals surface area contributed by atoms with E-state index in [1.807, 2.05) is 48.5 Å². The lowest BCUT2D eigenvalue weighted by molar-refractivity contribution is -0.168. The highest BCUT2D eigenvalue weighted by molar-refractivity contribution is 6.75. The second-order valence-corrected chi connectivity index (χ2v) is 25.3. The largest absolute Gasteiger partial charge is 0.544 e. The Balaban J connectivity index is 2.00. The van der Waals surface area contributed by atoms with Crippen LogP contribution in [-0.2, 0) is 28.5 Å². The Morgan fingerprint density at radius 2 is 0.920 bits per heavy atom. The first-order valence-corrected chi connectivity index (χ1v) is 23.1. The lowest BCUT2D eigenvalue weighted by Crippen LogP contribution is -2.52. The summed E-state index contributed by atoms with van der Waals surface area (Å²) < 4.78 is 35.2. The Labute approximate surface area is 302 Å². The van der Waals surface area contributed by atoms with Gasteiger partial charge in [-0.05, 0) is 71.7 Å². The van der Waals surface area contributed by atoms with Crippen molar-refractivity contribution in [2.24, 2.45) is 11.8 Å². The number of terminal acetylenes is 2. The Morgan fingerprint density at radius 1 is 0.600 bits per heavy atom. The predicted octanol–water partition coefficient (Wildman–Crippen LogP) is 7.95. The number of benzene rings is 2. The lowest BCUT2D eigenvalue weighted by Gasteiger charge is -2.49. The summed E-state index contributed by atoms with van der Waals surface area (Å²) in [4.78, 5) is 27.8. The van der Waals surface area contributed by atoms with Gasteiger partial charge >= 0.3 is 11.9 Å². The van der Waals surface area contributed by atoms with Gasteiger partial charge < -0.3 is 27.8 Å². The molecule has 2 aromatic rings. The fourth-order valence-corrected chi connectivity index (χ4v) is 7.50. The molecule has 8 nitrogen and oxygen atoms in total. The normalized spacial score (nSPS) is 19.4. The maximum Gasteiger partial charge on any atom is 0.310 e. The van der Waals surface area contributed by atoms with Crippen LogP contribution in [-0.4, -0.2) is 68.2 Å². The molecular weight excluding hydrogens is 665 g/mol. The Hall–Kier alpha value is -3.55. The maximum absolute atomic E-state index is 13.9. The molecule has 10 heteroatoms. The van der Waals surface area contributed by atoms with E-state index in [0.717, 1.165) is 22.6 Å². The summed E-state index contributed by atoms with van der Waals surface area (Å²) in [6.07, 6.45) is 10.6. The van der Waals surface area contributed by atoms with Crippen molar-refractivity contribution in [2.45, 2.75) is 89.6 Å². The average molecular weight is 721 g/mol. The van der Waals surface area contributed by atoms with Gasteiger partial charge in [-0.1, -0.05) is 77.6 Å². The molecule has 0 saturated heterocycles. The van der Waals surface area contributed by atoms with Crippen molar-refractivity contribution >= 4 is 28.6 Å². The first-order chi connectivity index (χ1) is 23.3. The van der Waals surface area contributed by atoms with Crippen molar-refractivity contribution in [2.75, 3.05) is 39.6 Å². The monoisotopic (exact) mass is 720 g/mol. The molecule has 0 amide bonds. The van der Waals surface area contributed by atoms with E-state index in [4.69, 9.17) is 40.6 Å². The molecule has 0 aromatic heterocycles. The highest BCUT2D eigenvalue weighted by atomic mass is 28.4. The summed E-state index contributed by atoms with van der Waals surface area (Å²) in [7, 11) is -4.17. The number of rotatable bonds is 16. The molecule has 0 atom stereocenters. The molecular formula is C40H56O8Si2. The van der Waals surface area contributed by atoms with Crippen LogP contribution in [0.2, 0.25) is 36.3 Å². The molecule has 1 fully saturated rings. The maximum atomic E-state index is 13.9. The van der Waals surface area contributed by atoms with Gasteiger partial charge in [-0.3, -0.25) is 9.59 Å². The molecule has 272 valence electrons. The Kier molecular flexibility index (Phi) is 14.0. The zero-order valence-corrected chi connectivity index (χ0v) is 33.6. The third-order valence-electron chi connectivity index (χ3n) is 10.3. The molecule has 0 bridgehead atoms. The van der Waals surface area contributed by atoms with Crippen molar-refractivity contribution in [3.63, 3.8) is 0 Å². The molecule has 1 saturated carbocycles. The highest BCUT2D eigenvalue weighted by Gasteiger charge is 2.59. The topological polar surface area (TPSA) is 89.5 Å². The third kappa shape index (κ3) is 10.3. The van der Waals surface area contributed by atoms with Gasteiger partial charge in [-0.2, -0.15) is 0 Å². The third-order valence-corrected chi connectivity index (χ3v) is 19.0. The number of carbonyl (C=O) groups excluding carboxylic acids is 2. The van der Waals surface area contributed by atoms with Crippen LogP contribution >= 0.6 is 0 Å². The van der Waals surface area contributed by atoms with Gasteiger partial charge in [0.25, 0.3) is 0 Å². The second-order valence-electron chi connectivity index (χ2n) is 15.8. The molecule has 50 heavy (non-hydrogen) atoms. The molecule has 0 aliphatic heterocycles. The zero-order chi connectivity index (χ0) is 37.3. The second kappa shape index (κ2) is 17.1. The number of ether oxygens (including phenoxy) is 4. The molecule has 0 spiro atoms. The minimum absolute atomic E-state index is 0.0235. The van der Waals surface area contributed by atoms with Crippen molar-refractivity contribution in [1.29, 1.82) is 0 Å². The molecule has 0 radical (unpaired) electrons. The summed E-state index contributed by atoms with van der Waals surface area (Å²) in [5.74, 6) is 3.12. The number of hydrogen-bond donors (Lipinski definition) is 0. The van der Waals surface area contributed by atoms with E-state index < -0.39 is 52.2 Å². The van der Waals surface area contributed by atoms with E-state index in [2.05, 4.69) is 79.6 Å². The molecule has 0 heterocycles. The Bertz CT molecular complexity index is 1380. The standard InChI is InChI=1S/C40H56O8Si2/c1-13-23-43-25-27-45-37(41)35-33(29-15-19-31(20-16-29)47-49(9,10)39(3,4)5)36(38(42)46-28-26-44-24-14-2)34(35)30-17-21-32(22-18-30)48-50(11,12)40(6,7)8/h1-2,15-22,33-36H,23-28H2,3-12H3. The van der Waals surface area contributed by atoms with E-state index in [-0.39, 0.29) is 49.7 Å². The van der Waals surface area contributed by atoms with Crippen LogP contribution < -0.4 is 8.85 Å². The van der Waals surface area contributed by atoms with Gasteiger partial charge in [0.1, 0.15) is 37.9 Å². The quantitative estimate of drug-likeness (QED) is 0.0748. The fraction of sp³-hybridized carbons (Fsp3) is 0.550. The SMILES string of the molecule is C#CCOCCOC(=O)C1C(c2ccc(O[Si](C)(C)C(C)(C)C)cc2)C(C(=O)OCCOCC#C)C1c1ccc(O[Si](C)(C)C(C)(C)C)cc1. The van der Waals surface area contributed by atoms with E-state index in [1.54, 1.807) is 0 Å². The van der Waals surface area contributed by atoms with Crippen molar-refractivity contribution in [3.8, 4) is 36.2 Å². The van der Waals surface area contributed by atoms with E-state index in [9.17, 15) is 9.59 Å². The minimum atomic E-state index is -2.09. The number of carbonyl (C=O) groups is 2. The van der Waals surface area contributed by atoms with Gasteiger partial charge in [0.15, 0.2) is 0 Å². The van der Waals surface area contributed by atoms with Crippen LogP contribution in [0.5, 0.6) is 11.5 Å². The van der Waals surface area contributed by atoms with Gasteiger partial charge in [-0.25, -0.2) is 0 Å². The van der Waals surface area contributed by atoms with Crippen molar-refractivity contribution in [1.82, 2.24) is 0 Å². The van der Waals surface area contributed by atoms with Crippen LogP contribution in [0, 0.1) is 36.5 Å². The first-order valence-electron chi connectivity index (χ1n) is 17.3. The summed E-state index contributed by atoms with van der Waals surface area (Å²) in [6.45, 7) is 22.6. The summed E-state index contributed by atoms with van der Waals surface area (Å²) in [5, 5.41) is 0.0470. The smallest absolute Gasteiger partial charge is 0.310 e. The van der Waals surface area contributed by atoms with Crippen LogP contribution in [0.15, 0.2) is 48.5 Å². The molecule has 2 aromatic carbocycles. The van der Waals surface area contributed by atoms with Gasteiger partial charge in [0.2, 0.25) is 16.6 Å². The van der Waals surface area contributed by atoms with Gasteiger partial charge in [0.05, 0.1) is 25.0 Å². The minimum Gasteiger partial charge on any atom is -0.544 e. The summed E-state index contributed by atoms with van der Waals surface area (Å²) >= 11 is 0. The predicted molar refractivity (Wildman–Crippen MR) is 202 cm³/mol. The highest BCUT2D eigenvalue weighted by Crippen LogP contribution is 2.59. The van der Waals surface area contributed by atoms with E-state index in [1.165, 1.54) is 0 Å². The zero-order valence-electron chi connectivity index (χ0n) is 31.6. The van der Waals surface area contributed by atoms with Crippen LogP contribution in [0.3, 0.4) is 0 Å². The van der Waals surface area contributed by atoms with Crippen molar-refractivity contribution in [3.05, 3.63) is 59.7 Å². The molecule has 3 rings (SSSR count).